The minimum atomic E-state index is -0.932. The van der Waals surface area contributed by atoms with Gasteiger partial charge in [0.25, 0.3) is 0 Å². The third-order valence-corrected chi connectivity index (χ3v) is 5.83. The predicted octanol–water partition coefficient (Wildman–Crippen LogP) is 6.63. The van der Waals surface area contributed by atoms with Gasteiger partial charge in [-0.15, -0.1) is 0 Å². The highest BCUT2D eigenvalue weighted by molar-refractivity contribution is 6.11. The molecule has 2 rings (SSSR count). The van der Waals surface area contributed by atoms with Crippen molar-refractivity contribution >= 4 is 17.7 Å². The van der Waals surface area contributed by atoms with Crippen LogP contribution in [0.15, 0.2) is 42.5 Å². The van der Waals surface area contributed by atoms with Crippen LogP contribution in [-0.4, -0.2) is 36.0 Å². The summed E-state index contributed by atoms with van der Waals surface area (Å²) in [6.45, 7) is 4.77. The van der Waals surface area contributed by atoms with Crippen molar-refractivity contribution in [2.45, 2.75) is 78.1 Å². The van der Waals surface area contributed by atoms with Crippen molar-refractivity contribution in [1.29, 1.82) is 0 Å². The van der Waals surface area contributed by atoms with Gasteiger partial charge in [0.05, 0.1) is 18.8 Å². The number of ketones is 1. The lowest BCUT2D eigenvalue weighted by Crippen LogP contribution is -2.10. The van der Waals surface area contributed by atoms with E-state index in [0.717, 1.165) is 12.8 Å². The molecule has 2 aromatic carbocycles. The standard InChI is InChI=1S/C29H38O6/c1-3-5-6-7-8-9-10-11-19-35-25-16-17-26(22(21-25)15-18-27(30)31)28(32)23-13-12-14-24(20-23)29(33)34-4-2/h12-14,16-17,20-21H,3-11,15,18-19H2,1-2H3,(H,30,31). The number of carbonyl (C=O) groups excluding carboxylic acids is 2. The molecule has 6 heteroatoms. The summed E-state index contributed by atoms with van der Waals surface area (Å²) in [4.78, 5) is 36.5. The minimum Gasteiger partial charge on any atom is -0.494 e. The summed E-state index contributed by atoms with van der Waals surface area (Å²) >= 11 is 0. The van der Waals surface area contributed by atoms with Gasteiger partial charge >= 0.3 is 11.9 Å². The summed E-state index contributed by atoms with van der Waals surface area (Å²) in [6, 6.07) is 11.6. The number of unbranched alkanes of at least 4 members (excludes halogenated alkanes) is 7. The lowest BCUT2D eigenvalue weighted by molar-refractivity contribution is -0.136. The Kier molecular flexibility index (Phi) is 12.6. The van der Waals surface area contributed by atoms with Gasteiger partial charge in [0.15, 0.2) is 5.78 Å². The van der Waals surface area contributed by atoms with Crippen LogP contribution in [0.5, 0.6) is 5.75 Å². The van der Waals surface area contributed by atoms with Crippen molar-refractivity contribution in [2.24, 2.45) is 0 Å². The molecular weight excluding hydrogens is 444 g/mol. The van der Waals surface area contributed by atoms with Crippen LogP contribution in [0.1, 0.15) is 103 Å². The van der Waals surface area contributed by atoms with Crippen molar-refractivity contribution in [3.8, 4) is 5.75 Å². The molecule has 1 N–H and O–H groups in total. The van der Waals surface area contributed by atoms with E-state index in [0.29, 0.717) is 34.6 Å². The minimum absolute atomic E-state index is 0.0926. The van der Waals surface area contributed by atoms with E-state index in [9.17, 15) is 14.4 Å². The fourth-order valence-electron chi connectivity index (χ4n) is 3.91. The Hall–Kier alpha value is -3.15. The first-order valence-electron chi connectivity index (χ1n) is 12.8. The number of carboxylic acid groups (broad SMARTS) is 1. The topological polar surface area (TPSA) is 89.9 Å². The molecule has 0 fully saturated rings. The molecular formula is C29H38O6. The largest absolute Gasteiger partial charge is 0.494 e. The van der Waals surface area contributed by atoms with Gasteiger partial charge < -0.3 is 14.6 Å². The van der Waals surface area contributed by atoms with Gasteiger partial charge in [-0.1, -0.05) is 64.0 Å². The smallest absolute Gasteiger partial charge is 0.338 e. The van der Waals surface area contributed by atoms with E-state index in [4.69, 9.17) is 14.6 Å². The Bertz CT molecular complexity index is 965. The first-order valence-corrected chi connectivity index (χ1v) is 12.8. The van der Waals surface area contributed by atoms with Gasteiger partial charge in [0.1, 0.15) is 5.75 Å². The molecule has 35 heavy (non-hydrogen) atoms. The second-order valence-electron chi connectivity index (χ2n) is 8.67. The van der Waals surface area contributed by atoms with Crippen molar-refractivity contribution in [3.63, 3.8) is 0 Å². The molecule has 0 aliphatic carbocycles. The third kappa shape index (κ3) is 9.93. The van der Waals surface area contributed by atoms with E-state index in [1.54, 1.807) is 43.3 Å². The molecule has 0 saturated heterocycles. The fraction of sp³-hybridized carbons (Fsp3) is 0.483. The molecule has 0 unspecified atom stereocenters. The van der Waals surface area contributed by atoms with Crippen molar-refractivity contribution < 1.29 is 29.0 Å². The van der Waals surface area contributed by atoms with Gasteiger partial charge in [-0.2, -0.15) is 0 Å². The molecule has 2 aromatic rings. The van der Waals surface area contributed by atoms with Crippen molar-refractivity contribution in [1.82, 2.24) is 0 Å². The van der Waals surface area contributed by atoms with Crippen molar-refractivity contribution in [3.05, 3.63) is 64.7 Å². The monoisotopic (exact) mass is 482 g/mol. The normalized spacial score (nSPS) is 10.7. The molecule has 0 saturated carbocycles. The van der Waals surface area contributed by atoms with E-state index in [2.05, 4.69) is 6.92 Å². The predicted molar refractivity (Wildman–Crippen MR) is 136 cm³/mol. The van der Waals surface area contributed by atoms with Gasteiger partial charge in [-0.3, -0.25) is 9.59 Å². The Balaban J connectivity index is 2.04. The van der Waals surface area contributed by atoms with Gasteiger partial charge in [-0.25, -0.2) is 4.79 Å². The van der Waals surface area contributed by atoms with Crippen LogP contribution >= 0.6 is 0 Å². The second-order valence-corrected chi connectivity index (χ2v) is 8.67. The van der Waals surface area contributed by atoms with Crippen molar-refractivity contribution in [2.75, 3.05) is 13.2 Å². The number of hydrogen-bond acceptors (Lipinski definition) is 5. The molecule has 0 aliphatic rings. The summed E-state index contributed by atoms with van der Waals surface area (Å²) in [6.07, 6.45) is 9.82. The number of esters is 1. The lowest BCUT2D eigenvalue weighted by atomic mass is 9.94. The number of aliphatic carboxylic acids is 1. The van der Waals surface area contributed by atoms with E-state index in [1.807, 2.05) is 0 Å². The fourth-order valence-corrected chi connectivity index (χ4v) is 3.91. The average molecular weight is 483 g/mol. The number of hydrogen-bond donors (Lipinski definition) is 1. The van der Waals surface area contributed by atoms with E-state index in [1.165, 1.54) is 44.6 Å². The highest BCUT2D eigenvalue weighted by atomic mass is 16.5. The Morgan fingerprint density at radius 1 is 0.829 bits per heavy atom. The lowest BCUT2D eigenvalue weighted by Gasteiger charge is -2.13. The number of benzene rings is 2. The average Bonchev–Trinajstić information content (AvgIpc) is 2.86. The Labute approximate surface area is 208 Å². The van der Waals surface area contributed by atoms with Crippen LogP contribution in [0.25, 0.3) is 0 Å². The summed E-state index contributed by atoms with van der Waals surface area (Å²) in [7, 11) is 0. The molecule has 0 heterocycles. The number of carboxylic acids is 1. The zero-order valence-corrected chi connectivity index (χ0v) is 21.0. The molecule has 190 valence electrons. The number of aryl methyl sites for hydroxylation is 1. The molecule has 0 radical (unpaired) electrons. The molecule has 6 nitrogen and oxygen atoms in total. The number of rotatable bonds is 17. The highest BCUT2D eigenvalue weighted by Crippen LogP contribution is 2.23. The summed E-state index contributed by atoms with van der Waals surface area (Å²) in [5.41, 5.74) is 1.67. The van der Waals surface area contributed by atoms with E-state index in [-0.39, 0.29) is 25.2 Å². The van der Waals surface area contributed by atoms with Crippen LogP contribution in [0.2, 0.25) is 0 Å². The molecule has 0 bridgehead atoms. The van der Waals surface area contributed by atoms with Gasteiger partial charge in [-0.05, 0) is 55.7 Å². The van der Waals surface area contributed by atoms with E-state index < -0.39 is 11.9 Å². The maximum atomic E-state index is 13.2. The van der Waals surface area contributed by atoms with Gasteiger partial charge in [0, 0.05) is 17.5 Å². The Morgan fingerprint density at radius 2 is 1.51 bits per heavy atom. The Morgan fingerprint density at radius 3 is 2.20 bits per heavy atom. The zero-order valence-electron chi connectivity index (χ0n) is 21.0. The van der Waals surface area contributed by atoms with Crippen LogP contribution < -0.4 is 4.74 Å². The van der Waals surface area contributed by atoms with Crippen LogP contribution in [0.3, 0.4) is 0 Å². The van der Waals surface area contributed by atoms with Crippen LogP contribution in [0, 0.1) is 0 Å². The maximum Gasteiger partial charge on any atom is 0.338 e. The van der Waals surface area contributed by atoms with Crippen LogP contribution in [0.4, 0.5) is 0 Å². The number of ether oxygens (including phenoxy) is 2. The summed E-state index contributed by atoms with van der Waals surface area (Å²) in [5, 5.41) is 9.16. The maximum absolute atomic E-state index is 13.2. The third-order valence-electron chi connectivity index (χ3n) is 5.83. The SMILES string of the molecule is CCCCCCCCCCOc1ccc(C(=O)c2cccc(C(=O)OCC)c2)c(CCC(=O)O)c1. The molecule has 0 atom stereocenters. The molecule has 0 aromatic heterocycles. The first-order chi connectivity index (χ1) is 17.0. The first kappa shape index (κ1) is 28.1. The molecule has 0 aliphatic heterocycles. The molecule has 0 amide bonds. The second kappa shape index (κ2) is 15.7. The summed E-state index contributed by atoms with van der Waals surface area (Å²) in [5.74, 6) is -1.06. The van der Waals surface area contributed by atoms with Crippen LogP contribution in [-0.2, 0) is 16.0 Å². The number of carbonyl (C=O) groups is 3. The highest BCUT2D eigenvalue weighted by Gasteiger charge is 2.17. The summed E-state index contributed by atoms with van der Waals surface area (Å²) < 4.78 is 10.9. The van der Waals surface area contributed by atoms with Gasteiger partial charge in [0.2, 0.25) is 0 Å². The quantitative estimate of drug-likeness (QED) is 0.155. The molecule has 0 spiro atoms. The zero-order chi connectivity index (χ0) is 25.5. The van der Waals surface area contributed by atoms with E-state index >= 15 is 0 Å².